The van der Waals surface area contributed by atoms with Crippen LogP contribution in [0, 0.1) is 0 Å². The lowest BCUT2D eigenvalue weighted by Gasteiger charge is -2.32. The van der Waals surface area contributed by atoms with Gasteiger partial charge >= 0.3 is 12.1 Å². The van der Waals surface area contributed by atoms with Crippen molar-refractivity contribution in [2.45, 2.75) is 18.8 Å². The minimum absolute atomic E-state index is 0.142. The van der Waals surface area contributed by atoms with Crippen molar-refractivity contribution < 1.29 is 14.3 Å². The van der Waals surface area contributed by atoms with Gasteiger partial charge in [-0.05, 0) is 43.2 Å². The number of cyclic esters (lactones) is 1. The molecule has 5 rings (SSSR count). The van der Waals surface area contributed by atoms with Crippen molar-refractivity contribution in [3.63, 3.8) is 0 Å². The Hall–Kier alpha value is -3.55. The molecule has 2 saturated heterocycles. The third-order valence-electron chi connectivity index (χ3n) is 5.67. The van der Waals surface area contributed by atoms with E-state index in [1.54, 1.807) is 11.0 Å². The lowest BCUT2D eigenvalue weighted by atomic mass is 9.97. The first-order valence-electron chi connectivity index (χ1n) is 10.2. The predicted octanol–water partition coefficient (Wildman–Crippen LogP) is 3.93. The standard InChI is InChI=1S/C22H23N5O3/c28-21(23-16-6-3-7-17(13-16)27-11-12-30-22(27)29)26-10-4-5-15(14-26)20-24-18-8-1-2-9-19(18)25-20/h1-3,6-9,13,15H,4-5,10-12,14H2,(H,23,28)(H,24,25). The summed E-state index contributed by atoms with van der Waals surface area (Å²) in [6.07, 6.45) is 1.56. The van der Waals surface area contributed by atoms with Crippen LogP contribution in [-0.4, -0.2) is 53.2 Å². The average molecular weight is 405 g/mol. The summed E-state index contributed by atoms with van der Waals surface area (Å²) >= 11 is 0. The van der Waals surface area contributed by atoms with Crippen molar-refractivity contribution >= 4 is 34.5 Å². The SMILES string of the molecule is O=C(Nc1cccc(N2CCOC2=O)c1)N1CCCC(c2nc3ccccc3[nH]2)C1. The number of ether oxygens (including phenoxy) is 1. The molecule has 2 N–H and O–H groups in total. The van der Waals surface area contributed by atoms with Crippen LogP contribution in [-0.2, 0) is 4.74 Å². The molecule has 8 nitrogen and oxygen atoms in total. The fraction of sp³-hybridized carbons (Fsp3) is 0.318. The third kappa shape index (κ3) is 3.56. The average Bonchev–Trinajstić information content (AvgIpc) is 3.40. The Labute approximate surface area is 173 Å². The first-order valence-corrected chi connectivity index (χ1v) is 10.2. The van der Waals surface area contributed by atoms with Gasteiger partial charge in [0, 0.05) is 30.4 Å². The lowest BCUT2D eigenvalue weighted by molar-refractivity contribution is 0.181. The Bertz CT molecular complexity index is 1060. The normalized spacial score (nSPS) is 19.2. The summed E-state index contributed by atoms with van der Waals surface area (Å²) < 4.78 is 4.99. The summed E-state index contributed by atoms with van der Waals surface area (Å²) in [7, 11) is 0. The van der Waals surface area contributed by atoms with Crippen LogP contribution < -0.4 is 10.2 Å². The van der Waals surface area contributed by atoms with Crippen LogP contribution >= 0.6 is 0 Å². The zero-order chi connectivity index (χ0) is 20.5. The zero-order valence-electron chi connectivity index (χ0n) is 16.5. The number of hydrogen-bond donors (Lipinski definition) is 2. The van der Waals surface area contributed by atoms with E-state index in [1.807, 2.05) is 47.4 Å². The molecule has 1 aromatic heterocycles. The van der Waals surface area contributed by atoms with Gasteiger partial charge in [-0.2, -0.15) is 0 Å². The second-order valence-corrected chi connectivity index (χ2v) is 7.67. The number of H-pyrrole nitrogens is 1. The molecule has 8 heteroatoms. The van der Waals surface area contributed by atoms with E-state index in [4.69, 9.17) is 9.72 Å². The number of nitrogens with one attached hydrogen (secondary N) is 2. The van der Waals surface area contributed by atoms with Crippen LogP contribution in [0.4, 0.5) is 21.0 Å². The minimum atomic E-state index is -0.358. The van der Waals surface area contributed by atoms with E-state index in [2.05, 4.69) is 10.3 Å². The number of hydrogen-bond acceptors (Lipinski definition) is 4. The number of aromatic amines is 1. The van der Waals surface area contributed by atoms with Crippen LogP contribution in [0.25, 0.3) is 11.0 Å². The molecule has 1 unspecified atom stereocenters. The molecule has 0 radical (unpaired) electrons. The van der Waals surface area contributed by atoms with Crippen molar-refractivity contribution in [3.05, 3.63) is 54.4 Å². The lowest BCUT2D eigenvalue weighted by Crippen LogP contribution is -2.41. The van der Waals surface area contributed by atoms with Crippen molar-refractivity contribution in [2.24, 2.45) is 0 Å². The number of aromatic nitrogens is 2. The predicted molar refractivity (Wildman–Crippen MR) is 114 cm³/mol. The molecule has 0 bridgehead atoms. The van der Waals surface area contributed by atoms with Crippen LogP contribution in [0.3, 0.4) is 0 Å². The van der Waals surface area contributed by atoms with E-state index in [-0.39, 0.29) is 18.0 Å². The van der Waals surface area contributed by atoms with Crippen molar-refractivity contribution in [2.75, 3.05) is 36.5 Å². The maximum absolute atomic E-state index is 12.9. The Morgan fingerprint density at radius 3 is 2.90 bits per heavy atom. The molecule has 1 atom stereocenters. The van der Waals surface area contributed by atoms with Crippen molar-refractivity contribution in [1.82, 2.24) is 14.9 Å². The number of amides is 3. The van der Waals surface area contributed by atoms with E-state index < -0.39 is 0 Å². The summed E-state index contributed by atoms with van der Waals surface area (Å²) in [5.74, 6) is 1.12. The second-order valence-electron chi connectivity index (χ2n) is 7.67. The number of urea groups is 1. The number of imidazole rings is 1. The number of carbonyl (C=O) groups is 2. The van der Waals surface area contributed by atoms with Crippen LogP contribution in [0.1, 0.15) is 24.6 Å². The van der Waals surface area contributed by atoms with Gasteiger partial charge < -0.3 is 19.9 Å². The summed E-state index contributed by atoms with van der Waals surface area (Å²) in [5, 5.41) is 2.97. The van der Waals surface area contributed by atoms with E-state index in [0.29, 0.717) is 37.6 Å². The second kappa shape index (κ2) is 7.70. The molecular formula is C22H23N5O3. The van der Waals surface area contributed by atoms with E-state index in [0.717, 1.165) is 29.7 Å². The Kier molecular flexibility index (Phi) is 4.74. The highest BCUT2D eigenvalue weighted by molar-refractivity contribution is 5.93. The number of likely N-dealkylation sites (tertiary alicyclic amines) is 1. The van der Waals surface area contributed by atoms with Gasteiger partial charge in [-0.25, -0.2) is 14.6 Å². The molecule has 2 aromatic carbocycles. The zero-order valence-corrected chi connectivity index (χ0v) is 16.5. The van der Waals surface area contributed by atoms with Gasteiger partial charge in [-0.1, -0.05) is 18.2 Å². The van der Waals surface area contributed by atoms with E-state index >= 15 is 0 Å². The maximum atomic E-state index is 12.9. The van der Waals surface area contributed by atoms with Gasteiger partial charge in [0.25, 0.3) is 0 Å². The molecule has 3 amide bonds. The summed E-state index contributed by atoms with van der Waals surface area (Å²) in [6.45, 7) is 2.22. The summed E-state index contributed by atoms with van der Waals surface area (Å²) in [5.41, 5.74) is 3.34. The number of rotatable bonds is 3. The molecule has 0 aliphatic carbocycles. The van der Waals surface area contributed by atoms with Gasteiger partial charge in [-0.3, -0.25) is 4.90 Å². The summed E-state index contributed by atoms with van der Waals surface area (Å²) in [6, 6.07) is 15.1. The fourth-order valence-corrected chi connectivity index (χ4v) is 4.13. The minimum Gasteiger partial charge on any atom is -0.447 e. The Morgan fingerprint density at radius 2 is 2.07 bits per heavy atom. The number of benzene rings is 2. The van der Waals surface area contributed by atoms with Gasteiger partial charge in [-0.15, -0.1) is 0 Å². The van der Waals surface area contributed by atoms with Gasteiger partial charge in [0.1, 0.15) is 12.4 Å². The van der Waals surface area contributed by atoms with Gasteiger partial charge in [0.15, 0.2) is 0 Å². The first kappa shape index (κ1) is 18.5. The van der Waals surface area contributed by atoms with Gasteiger partial charge in [0.05, 0.1) is 17.6 Å². The topological polar surface area (TPSA) is 90.6 Å². The molecule has 2 aliphatic heterocycles. The highest BCUT2D eigenvalue weighted by Gasteiger charge is 2.27. The van der Waals surface area contributed by atoms with Crippen molar-refractivity contribution in [1.29, 1.82) is 0 Å². The quantitative estimate of drug-likeness (QED) is 0.691. The molecule has 3 aromatic rings. The van der Waals surface area contributed by atoms with Crippen LogP contribution in [0.15, 0.2) is 48.5 Å². The number of para-hydroxylation sites is 2. The largest absolute Gasteiger partial charge is 0.447 e. The highest BCUT2D eigenvalue weighted by atomic mass is 16.6. The number of anilines is 2. The highest BCUT2D eigenvalue weighted by Crippen LogP contribution is 2.28. The monoisotopic (exact) mass is 405 g/mol. The Morgan fingerprint density at radius 1 is 1.17 bits per heavy atom. The molecule has 30 heavy (non-hydrogen) atoms. The van der Waals surface area contributed by atoms with Crippen molar-refractivity contribution in [3.8, 4) is 0 Å². The molecule has 0 spiro atoms. The number of carbonyl (C=O) groups excluding carboxylic acids is 2. The number of fused-ring (bicyclic) bond motifs is 1. The van der Waals surface area contributed by atoms with Gasteiger partial charge in [0.2, 0.25) is 0 Å². The maximum Gasteiger partial charge on any atom is 0.414 e. The summed E-state index contributed by atoms with van der Waals surface area (Å²) in [4.78, 5) is 36.2. The molecule has 0 saturated carbocycles. The molecule has 3 heterocycles. The smallest absolute Gasteiger partial charge is 0.414 e. The van der Waals surface area contributed by atoms with Crippen LogP contribution in [0.2, 0.25) is 0 Å². The molecular weight excluding hydrogens is 382 g/mol. The number of piperidine rings is 1. The van der Waals surface area contributed by atoms with E-state index in [1.165, 1.54) is 0 Å². The molecule has 154 valence electrons. The molecule has 2 aliphatic rings. The fourth-order valence-electron chi connectivity index (χ4n) is 4.13. The first-order chi connectivity index (χ1) is 14.7. The van der Waals surface area contributed by atoms with E-state index in [9.17, 15) is 9.59 Å². The Balaban J connectivity index is 1.27. The number of nitrogens with zero attached hydrogens (tertiary/aromatic N) is 3. The molecule has 2 fully saturated rings. The van der Waals surface area contributed by atoms with Crippen LogP contribution in [0.5, 0.6) is 0 Å². The third-order valence-corrected chi connectivity index (χ3v) is 5.67.